The van der Waals surface area contributed by atoms with E-state index in [2.05, 4.69) is 29.8 Å². The molecule has 5 nitrogen and oxygen atoms in total. The lowest BCUT2D eigenvalue weighted by molar-refractivity contribution is -0.133. The highest BCUT2D eigenvalue weighted by Gasteiger charge is 2.22. The van der Waals surface area contributed by atoms with Gasteiger partial charge in [0.05, 0.1) is 0 Å². The first-order valence-corrected chi connectivity index (χ1v) is 8.80. The summed E-state index contributed by atoms with van der Waals surface area (Å²) in [4.78, 5) is 20.9. The van der Waals surface area contributed by atoms with Gasteiger partial charge in [0.25, 0.3) is 5.91 Å². The summed E-state index contributed by atoms with van der Waals surface area (Å²) in [7, 11) is 0. The summed E-state index contributed by atoms with van der Waals surface area (Å²) < 4.78 is 5.81. The number of carbonyl (C=O) groups excluding carboxylic acids is 1. The molecule has 2 aromatic rings. The van der Waals surface area contributed by atoms with Crippen molar-refractivity contribution >= 4 is 11.7 Å². The van der Waals surface area contributed by atoms with Gasteiger partial charge < -0.3 is 14.5 Å². The quantitative estimate of drug-likeness (QED) is 0.840. The highest BCUT2D eigenvalue weighted by molar-refractivity contribution is 5.78. The summed E-state index contributed by atoms with van der Waals surface area (Å²) in [6.45, 7) is 7.33. The molecule has 1 aliphatic rings. The van der Waals surface area contributed by atoms with Crippen molar-refractivity contribution in [3.8, 4) is 5.75 Å². The number of aromatic nitrogens is 1. The molecule has 0 N–H and O–H groups in total. The van der Waals surface area contributed by atoms with E-state index in [4.69, 9.17) is 4.74 Å². The molecule has 1 aliphatic heterocycles. The standard InChI is InChI=1S/C20H25N3O2/c1-16(2)17-7-3-4-8-18(17)25-15-20(24)23-13-11-22(12-14-23)19-9-5-6-10-21-19/h3-10,16H,11-15H2,1-2H3. The highest BCUT2D eigenvalue weighted by Crippen LogP contribution is 2.25. The van der Waals surface area contributed by atoms with Crippen molar-refractivity contribution in [1.82, 2.24) is 9.88 Å². The molecule has 0 aliphatic carbocycles. The molecule has 0 saturated carbocycles. The van der Waals surface area contributed by atoms with Crippen molar-refractivity contribution in [2.75, 3.05) is 37.7 Å². The maximum absolute atomic E-state index is 12.5. The zero-order valence-electron chi connectivity index (χ0n) is 14.9. The number of para-hydroxylation sites is 1. The van der Waals surface area contributed by atoms with E-state index in [1.807, 2.05) is 41.3 Å². The Morgan fingerprint density at radius 3 is 2.48 bits per heavy atom. The van der Waals surface area contributed by atoms with Gasteiger partial charge >= 0.3 is 0 Å². The predicted octanol–water partition coefficient (Wildman–Crippen LogP) is 2.93. The lowest BCUT2D eigenvalue weighted by Gasteiger charge is -2.35. The van der Waals surface area contributed by atoms with Crippen LogP contribution in [0.4, 0.5) is 5.82 Å². The second kappa shape index (κ2) is 8.01. The fourth-order valence-corrected chi connectivity index (χ4v) is 3.05. The van der Waals surface area contributed by atoms with E-state index >= 15 is 0 Å². The Morgan fingerprint density at radius 1 is 1.08 bits per heavy atom. The summed E-state index contributed by atoms with van der Waals surface area (Å²) in [6, 6.07) is 13.8. The topological polar surface area (TPSA) is 45.7 Å². The fourth-order valence-electron chi connectivity index (χ4n) is 3.05. The summed E-state index contributed by atoms with van der Waals surface area (Å²) >= 11 is 0. The SMILES string of the molecule is CC(C)c1ccccc1OCC(=O)N1CCN(c2ccccn2)CC1. The monoisotopic (exact) mass is 339 g/mol. The predicted molar refractivity (Wildman–Crippen MR) is 99.1 cm³/mol. The van der Waals surface area contributed by atoms with Gasteiger partial charge in [0.1, 0.15) is 11.6 Å². The zero-order valence-corrected chi connectivity index (χ0v) is 14.9. The normalized spacial score (nSPS) is 14.7. The number of amides is 1. The van der Waals surface area contributed by atoms with Crippen LogP contribution in [0.15, 0.2) is 48.7 Å². The van der Waals surface area contributed by atoms with Crippen molar-refractivity contribution in [1.29, 1.82) is 0 Å². The minimum Gasteiger partial charge on any atom is -0.483 e. The van der Waals surface area contributed by atoms with E-state index in [1.54, 1.807) is 6.20 Å². The molecule has 0 bridgehead atoms. The first-order valence-electron chi connectivity index (χ1n) is 8.80. The van der Waals surface area contributed by atoms with Gasteiger partial charge in [-0.3, -0.25) is 4.79 Å². The molecular formula is C20H25N3O2. The number of rotatable bonds is 5. The lowest BCUT2D eigenvalue weighted by atomic mass is 10.0. The van der Waals surface area contributed by atoms with E-state index in [9.17, 15) is 4.79 Å². The number of piperazine rings is 1. The Morgan fingerprint density at radius 2 is 1.80 bits per heavy atom. The van der Waals surface area contributed by atoms with Gasteiger partial charge in [0.15, 0.2) is 6.61 Å². The lowest BCUT2D eigenvalue weighted by Crippen LogP contribution is -2.50. The number of benzene rings is 1. The van der Waals surface area contributed by atoms with Crippen molar-refractivity contribution in [2.45, 2.75) is 19.8 Å². The van der Waals surface area contributed by atoms with Gasteiger partial charge in [-0.2, -0.15) is 0 Å². The van der Waals surface area contributed by atoms with Crippen LogP contribution in [0.5, 0.6) is 5.75 Å². The molecule has 0 unspecified atom stereocenters. The average molecular weight is 339 g/mol. The molecular weight excluding hydrogens is 314 g/mol. The number of carbonyl (C=O) groups is 1. The molecule has 25 heavy (non-hydrogen) atoms. The number of nitrogens with zero attached hydrogens (tertiary/aromatic N) is 3. The van der Waals surface area contributed by atoms with Crippen LogP contribution in [0.3, 0.4) is 0 Å². The number of ether oxygens (including phenoxy) is 1. The van der Waals surface area contributed by atoms with Gasteiger partial charge in [-0.1, -0.05) is 38.1 Å². The number of hydrogen-bond donors (Lipinski definition) is 0. The van der Waals surface area contributed by atoms with E-state index in [0.717, 1.165) is 30.2 Å². The van der Waals surface area contributed by atoms with Crippen molar-refractivity contribution in [2.24, 2.45) is 0 Å². The average Bonchev–Trinajstić information content (AvgIpc) is 2.67. The zero-order chi connectivity index (χ0) is 17.6. The van der Waals surface area contributed by atoms with Gasteiger partial charge in [0.2, 0.25) is 0 Å². The third kappa shape index (κ3) is 4.29. The van der Waals surface area contributed by atoms with Gasteiger partial charge in [-0.05, 0) is 29.7 Å². The van der Waals surface area contributed by atoms with Crippen LogP contribution >= 0.6 is 0 Å². The van der Waals surface area contributed by atoms with E-state index < -0.39 is 0 Å². The molecule has 0 atom stereocenters. The molecule has 5 heteroatoms. The fraction of sp³-hybridized carbons (Fsp3) is 0.400. The molecule has 0 spiro atoms. The van der Waals surface area contributed by atoms with Crippen LogP contribution in [-0.2, 0) is 4.79 Å². The number of pyridine rings is 1. The van der Waals surface area contributed by atoms with Crippen LogP contribution in [0.2, 0.25) is 0 Å². The Labute approximate surface area is 149 Å². The summed E-state index contributed by atoms with van der Waals surface area (Å²) in [5, 5.41) is 0. The molecule has 1 saturated heterocycles. The smallest absolute Gasteiger partial charge is 0.260 e. The van der Waals surface area contributed by atoms with E-state index in [0.29, 0.717) is 19.0 Å². The first-order chi connectivity index (χ1) is 12.1. The van der Waals surface area contributed by atoms with Gasteiger partial charge in [-0.25, -0.2) is 4.98 Å². The van der Waals surface area contributed by atoms with Crippen LogP contribution in [-0.4, -0.2) is 48.6 Å². The second-order valence-corrected chi connectivity index (χ2v) is 6.54. The number of anilines is 1. The molecule has 1 aromatic heterocycles. The Kier molecular flexibility index (Phi) is 5.53. The Hall–Kier alpha value is -2.56. The Bertz CT molecular complexity index is 695. The second-order valence-electron chi connectivity index (χ2n) is 6.54. The van der Waals surface area contributed by atoms with E-state index in [-0.39, 0.29) is 12.5 Å². The Balaban J connectivity index is 1.52. The molecule has 1 amide bonds. The third-order valence-corrected chi connectivity index (χ3v) is 4.50. The first kappa shape index (κ1) is 17.3. The van der Waals surface area contributed by atoms with Crippen LogP contribution in [0.1, 0.15) is 25.3 Å². The summed E-state index contributed by atoms with van der Waals surface area (Å²) in [5.41, 5.74) is 1.13. The van der Waals surface area contributed by atoms with Gasteiger partial charge in [0, 0.05) is 32.4 Å². The molecule has 132 valence electrons. The molecule has 2 heterocycles. The maximum atomic E-state index is 12.5. The molecule has 3 rings (SSSR count). The van der Waals surface area contributed by atoms with Gasteiger partial charge in [-0.15, -0.1) is 0 Å². The minimum absolute atomic E-state index is 0.0410. The molecule has 1 aromatic carbocycles. The molecule has 0 radical (unpaired) electrons. The minimum atomic E-state index is 0.0410. The maximum Gasteiger partial charge on any atom is 0.260 e. The summed E-state index contributed by atoms with van der Waals surface area (Å²) in [6.07, 6.45) is 1.80. The van der Waals surface area contributed by atoms with Crippen molar-refractivity contribution in [3.05, 3.63) is 54.2 Å². The van der Waals surface area contributed by atoms with Crippen LogP contribution in [0, 0.1) is 0 Å². The largest absolute Gasteiger partial charge is 0.483 e. The van der Waals surface area contributed by atoms with Crippen LogP contribution in [0.25, 0.3) is 0 Å². The van der Waals surface area contributed by atoms with Crippen molar-refractivity contribution in [3.63, 3.8) is 0 Å². The van der Waals surface area contributed by atoms with Crippen molar-refractivity contribution < 1.29 is 9.53 Å². The highest BCUT2D eigenvalue weighted by atomic mass is 16.5. The number of hydrogen-bond acceptors (Lipinski definition) is 4. The third-order valence-electron chi connectivity index (χ3n) is 4.50. The molecule has 1 fully saturated rings. The summed E-state index contributed by atoms with van der Waals surface area (Å²) in [5.74, 6) is 2.18. The van der Waals surface area contributed by atoms with Crippen LogP contribution < -0.4 is 9.64 Å². The van der Waals surface area contributed by atoms with E-state index in [1.165, 1.54) is 0 Å².